The van der Waals surface area contributed by atoms with Crippen LogP contribution in [0.4, 0.5) is 80.3 Å². The zero-order valence-electron chi connectivity index (χ0n) is 16.5. The number of alkyl halides is 17. The van der Waals surface area contributed by atoms with Crippen molar-refractivity contribution in [1.29, 1.82) is 0 Å². The minimum Gasteiger partial charge on any atom is -0.497 e. The molecule has 1 aromatic carbocycles. The zero-order valence-corrected chi connectivity index (χ0v) is 17.2. The van der Waals surface area contributed by atoms with Crippen molar-refractivity contribution >= 4 is 22.5 Å². The molecule has 1 aromatic rings. The summed E-state index contributed by atoms with van der Waals surface area (Å²) in [4.78, 5) is 2.46. The van der Waals surface area contributed by atoms with E-state index in [4.69, 9.17) is 0 Å². The number of halogens is 18. The summed E-state index contributed by atoms with van der Waals surface area (Å²) in [5.74, 6) is -57.5. The van der Waals surface area contributed by atoms with E-state index in [2.05, 4.69) is 21.3 Å². The van der Waals surface area contributed by atoms with E-state index in [1.54, 1.807) is 0 Å². The van der Waals surface area contributed by atoms with Crippen molar-refractivity contribution in [3.63, 3.8) is 0 Å². The van der Waals surface area contributed by atoms with Gasteiger partial charge in [-0.2, -0.15) is 74.6 Å². The van der Waals surface area contributed by atoms with E-state index >= 15 is 0 Å². The minimum atomic E-state index is -8.71. The number of hydrogen-bond acceptors (Lipinski definition) is 2. The van der Waals surface area contributed by atoms with Crippen LogP contribution in [0.2, 0.25) is 0 Å². The van der Waals surface area contributed by atoms with Crippen LogP contribution in [0.3, 0.4) is 0 Å². The third-order valence-corrected chi connectivity index (χ3v) is 4.60. The topological polar surface area (TPSA) is 21.6 Å². The highest BCUT2D eigenvalue weighted by atomic mass is 35.5. The van der Waals surface area contributed by atoms with Crippen molar-refractivity contribution in [2.75, 3.05) is 7.11 Å². The lowest BCUT2D eigenvalue weighted by molar-refractivity contribution is -0.458. The Morgan fingerprint density at radius 2 is 0.917 bits per heavy atom. The van der Waals surface area contributed by atoms with Gasteiger partial charge in [-0.25, -0.2) is 4.99 Å². The van der Waals surface area contributed by atoms with Gasteiger partial charge in [0.15, 0.2) is 5.17 Å². The second-order valence-electron chi connectivity index (χ2n) is 6.62. The number of ether oxygens (including phenoxy) is 1. The summed E-state index contributed by atoms with van der Waals surface area (Å²) in [6.45, 7) is 0. The number of rotatable bonds is 9. The molecule has 0 atom stereocenters. The van der Waals surface area contributed by atoms with Gasteiger partial charge in [0.2, 0.25) is 0 Å². The number of aliphatic imine (C=N–C) groups is 1. The maximum Gasteiger partial charge on any atom is 0.460 e. The largest absolute Gasteiger partial charge is 0.497 e. The van der Waals surface area contributed by atoms with Gasteiger partial charge in [-0.05, 0) is 24.3 Å². The molecule has 36 heavy (non-hydrogen) atoms. The Hall–Kier alpha value is -2.21. The van der Waals surface area contributed by atoms with Gasteiger partial charge in [0.25, 0.3) is 0 Å². The molecule has 0 aromatic heterocycles. The Kier molecular flexibility index (Phi) is 7.93. The summed E-state index contributed by atoms with van der Waals surface area (Å²) >= 11 is 4.66. The maximum atomic E-state index is 13.9. The van der Waals surface area contributed by atoms with Crippen molar-refractivity contribution in [2.24, 2.45) is 4.99 Å². The van der Waals surface area contributed by atoms with Crippen LogP contribution >= 0.6 is 11.6 Å². The van der Waals surface area contributed by atoms with Crippen molar-refractivity contribution in [1.82, 2.24) is 0 Å². The molecule has 0 bridgehead atoms. The van der Waals surface area contributed by atoms with Crippen LogP contribution in [-0.4, -0.2) is 59.9 Å². The molecule has 0 aliphatic carbocycles. The van der Waals surface area contributed by atoms with Crippen molar-refractivity contribution in [3.8, 4) is 5.75 Å². The summed E-state index contributed by atoms with van der Waals surface area (Å²) in [7, 11) is 1.08. The first-order valence-corrected chi connectivity index (χ1v) is 8.66. The van der Waals surface area contributed by atoms with E-state index in [-0.39, 0.29) is 5.75 Å². The number of methoxy groups -OCH3 is 1. The second-order valence-corrected chi connectivity index (χ2v) is 6.98. The molecule has 0 aliphatic heterocycles. The van der Waals surface area contributed by atoms with Crippen LogP contribution in [0.25, 0.3) is 0 Å². The van der Waals surface area contributed by atoms with Gasteiger partial charge in [-0.3, -0.25) is 0 Å². The Bertz CT molecular complexity index is 968. The SMILES string of the molecule is COc1ccc(N=C(Cl)C(F)(F)C(F)(F)C(F)(F)C(F)(F)C(F)(F)C(F)(F)C(F)(F)C(F)(F)F)cc1. The molecule has 20 heteroatoms. The molecule has 0 heterocycles. The van der Waals surface area contributed by atoms with Crippen LogP contribution < -0.4 is 4.74 Å². The number of benzene rings is 1. The lowest BCUT2D eigenvalue weighted by Crippen LogP contribution is -2.74. The predicted octanol–water partition coefficient (Wildman–Crippen LogP) is 7.97. The Morgan fingerprint density at radius 3 is 1.25 bits per heavy atom. The molecule has 0 N–H and O–H groups in total. The lowest BCUT2D eigenvalue weighted by Gasteiger charge is -2.42. The highest BCUT2D eigenvalue weighted by Gasteiger charge is 2.95. The van der Waals surface area contributed by atoms with Gasteiger partial charge >= 0.3 is 47.6 Å². The molecule has 208 valence electrons. The molecule has 1 rings (SSSR count). The van der Waals surface area contributed by atoms with Crippen molar-refractivity contribution in [2.45, 2.75) is 47.6 Å². The summed E-state index contributed by atoms with van der Waals surface area (Å²) in [6.07, 6.45) is -7.81. The molecule has 2 nitrogen and oxygen atoms in total. The highest BCUT2D eigenvalue weighted by molar-refractivity contribution is 6.67. The predicted molar refractivity (Wildman–Crippen MR) is 86.6 cm³/mol. The maximum absolute atomic E-state index is 13.9. The molecule has 0 amide bonds. The van der Waals surface area contributed by atoms with Crippen molar-refractivity contribution in [3.05, 3.63) is 24.3 Å². The Balaban J connectivity index is 3.64. The average Bonchev–Trinajstić information content (AvgIpc) is 2.72. The Morgan fingerprint density at radius 1 is 0.583 bits per heavy atom. The van der Waals surface area contributed by atoms with Crippen LogP contribution in [0.1, 0.15) is 0 Å². The summed E-state index contributed by atoms with van der Waals surface area (Å²) in [5.41, 5.74) is -0.895. The fourth-order valence-electron chi connectivity index (χ4n) is 2.13. The van der Waals surface area contributed by atoms with Gasteiger partial charge in [0.05, 0.1) is 12.8 Å². The normalized spacial score (nSPS) is 15.8. The van der Waals surface area contributed by atoms with E-state index in [1.165, 1.54) is 0 Å². The lowest BCUT2D eigenvalue weighted by atomic mass is 9.89. The molecule has 0 saturated heterocycles. The first kappa shape index (κ1) is 31.8. The van der Waals surface area contributed by atoms with Gasteiger partial charge in [0.1, 0.15) is 5.75 Å². The molecular formula is C16H7ClF17NO. The molecule has 0 radical (unpaired) electrons. The standard InChI is InChI=1S/C16H7ClF17NO/c1-36-7-4-2-6(3-5-7)35-8(17)9(18,19)10(20,21)11(22,23)12(24,25)13(26,27)14(28,29)15(30,31)16(32,33)34/h2-5H,1H3. The van der Waals surface area contributed by atoms with E-state index in [1.807, 2.05) is 0 Å². The smallest absolute Gasteiger partial charge is 0.460 e. The monoisotopic (exact) mass is 587 g/mol. The average molecular weight is 588 g/mol. The van der Waals surface area contributed by atoms with Crippen LogP contribution in [0.15, 0.2) is 29.3 Å². The second kappa shape index (κ2) is 8.97. The molecule has 0 spiro atoms. The number of nitrogens with zero attached hydrogens (tertiary/aromatic N) is 1. The van der Waals surface area contributed by atoms with E-state index < -0.39 is 58.5 Å². The first-order valence-electron chi connectivity index (χ1n) is 8.28. The molecule has 0 unspecified atom stereocenters. The van der Waals surface area contributed by atoms with Crippen LogP contribution in [0, 0.1) is 0 Å². The zero-order chi connectivity index (χ0) is 29.0. The minimum absolute atomic E-state index is 0.0350. The molecular weight excluding hydrogens is 581 g/mol. The van der Waals surface area contributed by atoms with Gasteiger partial charge in [-0.1, -0.05) is 11.6 Å². The van der Waals surface area contributed by atoms with E-state index in [0.29, 0.717) is 12.1 Å². The molecule has 0 saturated carbocycles. The number of hydrogen-bond donors (Lipinski definition) is 0. The summed E-state index contributed by atoms with van der Waals surface area (Å²) < 4.78 is 230. The fourth-order valence-corrected chi connectivity index (χ4v) is 2.35. The highest BCUT2D eigenvalue weighted by Crippen LogP contribution is 2.64. The van der Waals surface area contributed by atoms with Gasteiger partial charge < -0.3 is 4.74 Å². The van der Waals surface area contributed by atoms with Gasteiger partial charge in [-0.15, -0.1) is 0 Å². The summed E-state index contributed by atoms with van der Waals surface area (Å²) in [5, 5.41) is -3.02. The van der Waals surface area contributed by atoms with Crippen molar-refractivity contribution < 1.29 is 79.4 Å². The van der Waals surface area contributed by atoms with E-state index in [9.17, 15) is 74.6 Å². The third-order valence-electron chi connectivity index (χ3n) is 4.28. The first-order chi connectivity index (χ1) is 15.7. The Labute approximate surface area is 192 Å². The quantitative estimate of drug-likeness (QED) is 0.212. The van der Waals surface area contributed by atoms with Crippen LogP contribution in [0.5, 0.6) is 5.75 Å². The van der Waals surface area contributed by atoms with Crippen LogP contribution in [-0.2, 0) is 0 Å². The third kappa shape index (κ3) is 4.40. The summed E-state index contributed by atoms with van der Waals surface area (Å²) in [6, 6.07) is 3.03. The molecule has 0 fully saturated rings. The fraction of sp³-hybridized carbons (Fsp3) is 0.562. The van der Waals surface area contributed by atoms with Gasteiger partial charge in [0, 0.05) is 0 Å². The molecule has 0 aliphatic rings. The van der Waals surface area contributed by atoms with E-state index in [0.717, 1.165) is 19.2 Å².